The molecule has 6 heteroatoms. The molecule has 1 amide bonds. The second kappa shape index (κ2) is 7.57. The molecule has 0 unspecified atom stereocenters. The van der Waals surface area contributed by atoms with Crippen molar-refractivity contribution in [1.82, 2.24) is 14.8 Å². The van der Waals surface area contributed by atoms with Crippen molar-refractivity contribution in [2.75, 3.05) is 12.4 Å². The van der Waals surface area contributed by atoms with Crippen LogP contribution in [0.25, 0.3) is 16.7 Å². The van der Waals surface area contributed by atoms with Gasteiger partial charge in [0.15, 0.2) is 5.82 Å². The summed E-state index contributed by atoms with van der Waals surface area (Å²) < 4.78 is 7.30. The number of aryl methyl sites for hydroxylation is 2. The van der Waals surface area contributed by atoms with Gasteiger partial charge in [0, 0.05) is 17.9 Å². The predicted molar refractivity (Wildman–Crippen MR) is 129 cm³/mol. The third-order valence-electron chi connectivity index (χ3n) is 8.23. The van der Waals surface area contributed by atoms with Crippen LogP contribution in [0.5, 0.6) is 5.75 Å². The monoisotopic (exact) mass is 444 g/mol. The Hall–Kier alpha value is -2.89. The van der Waals surface area contributed by atoms with Gasteiger partial charge in [-0.05, 0) is 93.2 Å². The molecular formula is C27H32N4O2. The van der Waals surface area contributed by atoms with E-state index in [-0.39, 0.29) is 11.3 Å². The predicted octanol–water partition coefficient (Wildman–Crippen LogP) is 5.59. The summed E-state index contributed by atoms with van der Waals surface area (Å²) in [6.45, 7) is 4.01. The van der Waals surface area contributed by atoms with Gasteiger partial charge in [-0.15, -0.1) is 0 Å². The van der Waals surface area contributed by atoms with Crippen molar-refractivity contribution in [2.45, 2.75) is 58.8 Å². The van der Waals surface area contributed by atoms with E-state index in [1.165, 1.54) is 38.5 Å². The maximum atomic E-state index is 13.3. The fraction of sp³-hybridized carbons (Fsp3) is 0.519. The minimum Gasteiger partial charge on any atom is -0.494 e. The number of aromatic nitrogens is 3. The van der Waals surface area contributed by atoms with Crippen molar-refractivity contribution in [3.8, 4) is 11.6 Å². The van der Waals surface area contributed by atoms with Gasteiger partial charge in [0.2, 0.25) is 5.91 Å². The van der Waals surface area contributed by atoms with Crippen molar-refractivity contribution in [3.05, 3.63) is 41.6 Å². The Balaban J connectivity index is 1.29. The summed E-state index contributed by atoms with van der Waals surface area (Å²) in [5.74, 6) is 4.73. The molecule has 4 saturated carbocycles. The zero-order valence-electron chi connectivity index (χ0n) is 19.7. The van der Waals surface area contributed by atoms with E-state index in [1.54, 1.807) is 11.8 Å². The number of fused-ring (bicyclic) bond motifs is 1. The van der Waals surface area contributed by atoms with Gasteiger partial charge in [0.05, 0.1) is 12.8 Å². The molecule has 4 aliphatic carbocycles. The molecule has 0 radical (unpaired) electrons. The highest BCUT2D eigenvalue weighted by Gasteiger charge is 2.51. The summed E-state index contributed by atoms with van der Waals surface area (Å²) in [4.78, 5) is 18.1. The molecule has 4 aliphatic rings. The van der Waals surface area contributed by atoms with E-state index in [4.69, 9.17) is 9.72 Å². The minimum atomic E-state index is 0.105. The number of nitrogens with one attached hydrogen (secondary N) is 1. The topological polar surface area (TPSA) is 69.0 Å². The first-order valence-corrected chi connectivity index (χ1v) is 12.2. The lowest BCUT2D eigenvalue weighted by molar-refractivity contribution is -0.124. The lowest BCUT2D eigenvalue weighted by Crippen LogP contribution is -2.47. The van der Waals surface area contributed by atoms with Crippen LogP contribution in [-0.4, -0.2) is 27.8 Å². The molecule has 1 N–H and O–H groups in total. The summed E-state index contributed by atoms with van der Waals surface area (Å²) in [6.07, 6.45) is 8.50. The molecule has 3 aromatic rings. The summed E-state index contributed by atoms with van der Waals surface area (Å²) in [5, 5.41) is 8.90. The van der Waals surface area contributed by atoms with E-state index in [1.807, 2.05) is 37.3 Å². The van der Waals surface area contributed by atoms with Gasteiger partial charge in [0.25, 0.3) is 0 Å². The number of amides is 1. The largest absolute Gasteiger partial charge is 0.494 e. The quantitative estimate of drug-likeness (QED) is 0.557. The Morgan fingerprint density at radius 2 is 1.82 bits per heavy atom. The summed E-state index contributed by atoms with van der Waals surface area (Å²) >= 11 is 0. The number of methoxy groups -OCH3 is 1. The molecule has 2 aromatic heterocycles. The normalized spacial score (nSPS) is 27.8. The van der Waals surface area contributed by atoms with Gasteiger partial charge >= 0.3 is 0 Å². The molecule has 2 heterocycles. The minimum absolute atomic E-state index is 0.105. The molecule has 6 nitrogen and oxygen atoms in total. The van der Waals surface area contributed by atoms with Gasteiger partial charge in [-0.3, -0.25) is 4.79 Å². The fourth-order valence-electron chi connectivity index (χ4n) is 7.44. The Labute approximate surface area is 194 Å². The van der Waals surface area contributed by atoms with Crippen LogP contribution in [0.2, 0.25) is 0 Å². The van der Waals surface area contributed by atoms with Crippen LogP contribution in [-0.2, 0) is 4.79 Å². The molecule has 4 bridgehead atoms. The van der Waals surface area contributed by atoms with Crippen LogP contribution in [0.3, 0.4) is 0 Å². The van der Waals surface area contributed by atoms with E-state index in [9.17, 15) is 4.79 Å². The maximum absolute atomic E-state index is 13.3. The average molecular weight is 445 g/mol. The van der Waals surface area contributed by atoms with Crippen molar-refractivity contribution in [1.29, 1.82) is 0 Å². The molecule has 0 spiro atoms. The molecule has 1 aromatic carbocycles. The number of pyridine rings is 1. The van der Waals surface area contributed by atoms with E-state index in [2.05, 4.69) is 17.3 Å². The molecule has 172 valence electrons. The van der Waals surface area contributed by atoms with E-state index >= 15 is 0 Å². The van der Waals surface area contributed by atoms with Gasteiger partial charge in [-0.25, -0.2) is 4.98 Å². The van der Waals surface area contributed by atoms with E-state index < -0.39 is 0 Å². The number of benzene rings is 1. The zero-order chi connectivity index (χ0) is 22.7. The number of anilines is 1. The Morgan fingerprint density at radius 1 is 1.12 bits per heavy atom. The van der Waals surface area contributed by atoms with Gasteiger partial charge in [-0.2, -0.15) is 9.78 Å². The fourth-order valence-corrected chi connectivity index (χ4v) is 7.44. The van der Waals surface area contributed by atoms with Crippen LogP contribution in [0.4, 0.5) is 5.82 Å². The van der Waals surface area contributed by atoms with E-state index in [0.717, 1.165) is 45.7 Å². The summed E-state index contributed by atoms with van der Waals surface area (Å²) in [7, 11) is 1.66. The number of hydrogen-bond donors (Lipinski definition) is 1. The van der Waals surface area contributed by atoms with Gasteiger partial charge in [0.1, 0.15) is 17.1 Å². The second-order valence-corrected chi connectivity index (χ2v) is 10.9. The zero-order valence-corrected chi connectivity index (χ0v) is 19.7. The lowest BCUT2D eigenvalue weighted by Gasteiger charge is -2.56. The van der Waals surface area contributed by atoms with Crippen molar-refractivity contribution in [2.24, 2.45) is 23.2 Å². The molecule has 33 heavy (non-hydrogen) atoms. The number of carbonyl (C=O) groups excluding carboxylic acids is 1. The number of carbonyl (C=O) groups is 1. The summed E-state index contributed by atoms with van der Waals surface area (Å²) in [5.41, 5.74) is 2.95. The van der Waals surface area contributed by atoms with E-state index in [0.29, 0.717) is 18.1 Å². The highest BCUT2D eigenvalue weighted by molar-refractivity contribution is 5.91. The van der Waals surface area contributed by atoms with Crippen LogP contribution in [0.15, 0.2) is 30.3 Å². The van der Waals surface area contributed by atoms with Crippen molar-refractivity contribution < 1.29 is 9.53 Å². The molecular weight excluding hydrogens is 412 g/mol. The number of ether oxygens (including phenoxy) is 1. The van der Waals surface area contributed by atoms with Gasteiger partial charge < -0.3 is 10.1 Å². The SMILES string of the molecule is COc1cccc2c(C)cc(-n3nc(C)cc3NC(=O)CC34CC5CC(CC(C5)C3)C4)nc12. The van der Waals surface area contributed by atoms with Crippen LogP contribution < -0.4 is 10.1 Å². The number of nitrogens with zero attached hydrogens (tertiary/aromatic N) is 3. The number of para-hydroxylation sites is 1. The molecule has 4 fully saturated rings. The molecule has 0 aliphatic heterocycles. The smallest absolute Gasteiger partial charge is 0.226 e. The highest BCUT2D eigenvalue weighted by atomic mass is 16.5. The first-order valence-electron chi connectivity index (χ1n) is 12.2. The average Bonchev–Trinajstić information content (AvgIpc) is 3.11. The first kappa shape index (κ1) is 20.7. The van der Waals surface area contributed by atoms with Crippen molar-refractivity contribution in [3.63, 3.8) is 0 Å². The third-order valence-corrected chi connectivity index (χ3v) is 8.23. The Bertz CT molecular complexity index is 1210. The molecule has 7 rings (SSSR count). The molecule has 0 atom stereocenters. The number of hydrogen-bond acceptors (Lipinski definition) is 4. The second-order valence-electron chi connectivity index (χ2n) is 10.9. The maximum Gasteiger partial charge on any atom is 0.226 e. The Morgan fingerprint density at radius 3 is 2.48 bits per heavy atom. The summed E-state index contributed by atoms with van der Waals surface area (Å²) in [6, 6.07) is 9.89. The van der Waals surface area contributed by atoms with Crippen LogP contribution >= 0.6 is 0 Å². The standard InChI is InChI=1S/C27H32N4O2/c1-16-7-23(29-26-21(16)5-4-6-22(26)33-3)31-24(8-17(2)30-31)28-25(32)15-27-12-18-9-19(13-27)11-20(10-18)14-27/h4-8,18-20H,9-15H2,1-3H3,(H,28,32). The number of rotatable bonds is 5. The molecule has 0 saturated heterocycles. The first-order chi connectivity index (χ1) is 15.9. The van der Waals surface area contributed by atoms with Gasteiger partial charge in [-0.1, -0.05) is 12.1 Å². The third kappa shape index (κ3) is 3.60. The van der Waals surface area contributed by atoms with Crippen LogP contribution in [0, 0.1) is 37.0 Å². The lowest BCUT2D eigenvalue weighted by atomic mass is 9.49. The van der Waals surface area contributed by atoms with Crippen LogP contribution in [0.1, 0.15) is 56.2 Å². The highest BCUT2D eigenvalue weighted by Crippen LogP contribution is 2.61. The van der Waals surface area contributed by atoms with Crippen molar-refractivity contribution >= 4 is 22.6 Å². The Kier molecular flexibility index (Phi) is 4.75.